The van der Waals surface area contributed by atoms with Gasteiger partial charge in [0.2, 0.25) is 0 Å². The van der Waals surface area contributed by atoms with E-state index in [4.69, 9.17) is 0 Å². The molecule has 1 aromatic carbocycles. The van der Waals surface area contributed by atoms with Crippen molar-refractivity contribution in [3.63, 3.8) is 0 Å². The van der Waals surface area contributed by atoms with Gasteiger partial charge in [-0.25, -0.2) is 4.68 Å². The molecule has 4 rings (SSSR count). The molecular weight excluding hydrogens is 336 g/mol. The molecule has 0 saturated carbocycles. The average molecular weight is 361 g/mol. The molecule has 1 fully saturated rings. The second-order valence-electron chi connectivity index (χ2n) is 6.72. The van der Waals surface area contributed by atoms with E-state index in [1.54, 1.807) is 0 Å². The molecule has 1 aliphatic carbocycles. The van der Waals surface area contributed by atoms with Crippen LogP contribution in [0.25, 0.3) is 5.69 Å². The Labute approximate surface area is 154 Å². The minimum atomic E-state index is -0.0224. The summed E-state index contributed by atoms with van der Waals surface area (Å²) < 4.78 is 1.98. The Hall–Kier alpha value is -1.85. The molecule has 25 heavy (non-hydrogen) atoms. The number of aryl methyl sites for hydroxylation is 1. The third kappa shape index (κ3) is 3.44. The van der Waals surface area contributed by atoms with Gasteiger partial charge in [-0.2, -0.15) is 5.10 Å². The van der Waals surface area contributed by atoms with E-state index in [1.165, 1.54) is 11.3 Å². The van der Waals surface area contributed by atoms with Gasteiger partial charge >= 0.3 is 0 Å². The minimum Gasteiger partial charge on any atom is -0.347 e. The van der Waals surface area contributed by atoms with Crippen LogP contribution in [0.1, 0.15) is 47.1 Å². The number of halogens is 1. The zero-order chi connectivity index (χ0) is 16.5. The zero-order valence-electron chi connectivity index (χ0n) is 14.5. The van der Waals surface area contributed by atoms with Gasteiger partial charge in [-0.05, 0) is 56.3 Å². The van der Waals surface area contributed by atoms with Crippen molar-refractivity contribution < 1.29 is 4.79 Å². The number of hydrogen-bond donors (Lipinski definition) is 2. The number of carbonyl (C=O) groups excluding carboxylic acids is 1. The molecule has 1 aromatic heterocycles. The number of fused-ring (bicyclic) bond motifs is 1. The molecule has 1 saturated heterocycles. The first-order chi connectivity index (χ1) is 11.8. The van der Waals surface area contributed by atoms with E-state index < -0.39 is 0 Å². The monoisotopic (exact) mass is 360 g/mol. The number of aromatic nitrogens is 2. The highest BCUT2D eigenvalue weighted by atomic mass is 35.5. The van der Waals surface area contributed by atoms with Crippen molar-refractivity contribution in [2.45, 2.75) is 45.1 Å². The van der Waals surface area contributed by atoms with Gasteiger partial charge in [-0.1, -0.05) is 19.1 Å². The smallest absolute Gasteiger partial charge is 0.272 e. The number of nitrogens with one attached hydrogen (secondary N) is 2. The first-order valence-electron chi connectivity index (χ1n) is 8.98. The lowest BCUT2D eigenvalue weighted by molar-refractivity contribution is 0.0933. The van der Waals surface area contributed by atoms with Gasteiger partial charge in [0.1, 0.15) is 0 Å². The van der Waals surface area contributed by atoms with Crippen LogP contribution in [0, 0.1) is 0 Å². The van der Waals surface area contributed by atoms with Crippen molar-refractivity contribution in [3.05, 3.63) is 46.8 Å². The molecule has 1 unspecified atom stereocenters. The summed E-state index contributed by atoms with van der Waals surface area (Å²) in [6.07, 6.45) is 5.07. The SMILES string of the molecule is CCc1ccc(-n2nc(C(=O)NC3CCNC3)c3c2CCC3)cc1.Cl. The van der Waals surface area contributed by atoms with E-state index in [9.17, 15) is 4.79 Å². The molecule has 0 spiro atoms. The predicted molar refractivity (Wildman–Crippen MR) is 101 cm³/mol. The highest BCUT2D eigenvalue weighted by Crippen LogP contribution is 2.28. The molecule has 0 radical (unpaired) electrons. The van der Waals surface area contributed by atoms with E-state index in [0.29, 0.717) is 5.69 Å². The zero-order valence-corrected chi connectivity index (χ0v) is 15.4. The molecule has 0 bridgehead atoms. The number of hydrogen-bond acceptors (Lipinski definition) is 3. The van der Waals surface area contributed by atoms with Crippen molar-refractivity contribution in [2.24, 2.45) is 0 Å². The molecule has 2 aromatic rings. The van der Waals surface area contributed by atoms with Gasteiger partial charge in [0.25, 0.3) is 5.91 Å². The maximum Gasteiger partial charge on any atom is 0.272 e. The molecule has 1 aliphatic heterocycles. The fraction of sp³-hybridized carbons (Fsp3) is 0.474. The Morgan fingerprint density at radius 3 is 2.80 bits per heavy atom. The van der Waals surface area contributed by atoms with Crippen LogP contribution in [0.3, 0.4) is 0 Å². The molecular formula is C19H25ClN4O. The Morgan fingerprint density at radius 2 is 2.12 bits per heavy atom. The van der Waals surface area contributed by atoms with Gasteiger partial charge in [0.05, 0.1) is 5.69 Å². The summed E-state index contributed by atoms with van der Waals surface area (Å²) in [5.74, 6) is -0.0224. The maximum absolute atomic E-state index is 12.7. The van der Waals surface area contributed by atoms with E-state index >= 15 is 0 Å². The summed E-state index contributed by atoms with van der Waals surface area (Å²) in [6, 6.07) is 8.72. The lowest BCUT2D eigenvalue weighted by atomic mass is 10.1. The van der Waals surface area contributed by atoms with Crippen molar-refractivity contribution >= 4 is 18.3 Å². The van der Waals surface area contributed by atoms with E-state index in [0.717, 1.165) is 56.4 Å². The second-order valence-corrected chi connectivity index (χ2v) is 6.72. The van der Waals surface area contributed by atoms with Crippen LogP contribution in [0.5, 0.6) is 0 Å². The summed E-state index contributed by atoms with van der Waals surface area (Å²) in [4.78, 5) is 12.7. The molecule has 6 heteroatoms. The first-order valence-corrected chi connectivity index (χ1v) is 8.98. The summed E-state index contributed by atoms with van der Waals surface area (Å²) in [7, 11) is 0. The van der Waals surface area contributed by atoms with E-state index in [1.807, 2.05) is 4.68 Å². The molecule has 2 aliphatic rings. The Kier molecular flexibility index (Phi) is 5.45. The Bertz CT molecular complexity index is 748. The summed E-state index contributed by atoms with van der Waals surface area (Å²) in [5.41, 5.74) is 5.32. The van der Waals surface area contributed by atoms with E-state index in [-0.39, 0.29) is 24.4 Å². The number of amides is 1. The lowest BCUT2D eigenvalue weighted by Gasteiger charge is -2.10. The van der Waals surface area contributed by atoms with Crippen LogP contribution in [0.15, 0.2) is 24.3 Å². The quantitative estimate of drug-likeness (QED) is 0.880. The van der Waals surface area contributed by atoms with Crippen LogP contribution in [0.2, 0.25) is 0 Å². The van der Waals surface area contributed by atoms with Crippen LogP contribution in [-0.4, -0.2) is 34.8 Å². The second kappa shape index (κ2) is 7.58. The van der Waals surface area contributed by atoms with Gasteiger partial charge in [-0.3, -0.25) is 4.79 Å². The summed E-state index contributed by atoms with van der Waals surface area (Å²) in [5, 5.41) is 11.1. The van der Waals surface area contributed by atoms with Crippen molar-refractivity contribution in [1.29, 1.82) is 0 Å². The van der Waals surface area contributed by atoms with Crippen LogP contribution in [-0.2, 0) is 19.3 Å². The predicted octanol–water partition coefficient (Wildman–Crippen LogP) is 2.44. The molecule has 5 nitrogen and oxygen atoms in total. The highest BCUT2D eigenvalue weighted by molar-refractivity contribution is 5.94. The molecule has 2 N–H and O–H groups in total. The normalized spacial score (nSPS) is 18.7. The van der Waals surface area contributed by atoms with Gasteiger partial charge in [-0.15, -0.1) is 12.4 Å². The fourth-order valence-corrected chi connectivity index (χ4v) is 3.74. The third-order valence-corrected chi connectivity index (χ3v) is 5.13. The Morgan fingerprint density at radius 1 is 1.32 bits per heavy atom. The average Bonchev–Trinajstić information content (AvgIpc) is 3.32. The van der Waals surface area contributed by atoms with E-state index in [2.05, 4.69) is 46.9 Å². The standard InChI is InChI=1S/C19H24N4O.ClH/c1-2-13-6-8-15(9-7-13)23-17-5-3-4-16(17)18(22-23)19(24)21-14-10-11-20-12-14;/h6-9,14,20H,2-5,10-12H2,1H3,(H,21,24);1H. The van der Waals surface area contributed by atoms with Gasteiger partial charge in [0, 0.05) is 23.8 Å². The molecule has 2 heterocycles. The van der Waals surface area contributed by atoms with Crippen LogP contribution < -0.4 is 10.6 Å². The number of rotatable bonds is 4. The topological polar surface area (TPSA) is 59.0 Å². The van der Waals surface area contributed by atoms with Gasteiger partial charge in [0.15, 0.2) is 5.69 Å². The molecule has 1 atom stereocenters. The minimum absolute atomic E-state index is 0. The largest absolute Gasteiger partial charge is 0.347 e. The van der Waals surface area contributed by atoms with Crippen LogP contribution in [0.4, 0.5) is 0 Å². The maximum atomic E-state index is 12.7. The van der Waals surface area contributed by atoms with Crippen LogP contribution >= 0.6 is 12.4 Å². The third-order valence-electron chi connectivity index (χ3n) is 5.13. The van der Waals surface area contributed by atoms with Gasteiger partial charge < -0.3 is 10.6 Å². The Balaban J connectivity index is 0.00000182. The fourth-order valence-electron chi connectivity index (χ4n) is 3.74. The number of benzene rings is 1. The molecule has 134 valence electrons. The highest BCUT2D eigenvalue weighted by Gasteiger charge is 2.28. The number of nitrogens with zero attached hydrogens (tertiary/aromatic N) is 2. The summed E-state index contributed by atoms with van der Waals surface area (Å²) >= 11 is 0. The first kappa shape index (κ1) is 18.0. The number of carbonyl (C=O) groups is 1. The summed E-state index contributed by atoms with van der Waals surface area (Å²) in [6.45, 7) is 3.98. The van der Waals surface area contributed by atoms with Crippen molar-refractivity contribution in [2.75, 3.05) is 13.1 Å². The lowest BCUT2D eigenvalue weighted by Crippen LogP contribution is -2.36. The van der Waals surface area contributed by atoms with Crippen molar-refractivity contribution in [3.8, 4) is 5.69 Å². The molecule has 1 amide bonds. The van der Waals surface area contributed by atoms with Crippen molar-refractivity contribution in [1.82, 2.24) is 20.4 Å².